The van der Waals surface area contributed by atoms with Crippen LogP contribution in [0.25, 0.3) is 44.1 Å². The fourth-order valence-corrected chi connectivity index (χ4v) is 3.57. The second-order valence-corrected chi connectivity index (χ2v) is 7.51. The normalized spacial score (nSPS) is 10.8. The Balaban J connectivity index is 0.000000348. The van der Waals surface area contributed by atoms with Crippen LogP contribution in [0.1, 0.15) is 0 Å². The summed E-state index contributed by atoms with van der Waals surface area (Å²) in [6, 6.07) is 29.3. The fraction of sp³-hybridized carbons (Fsp3) is 0.0714. The molecule has 0 bridgehead atoms. The van der Waals surface area contributed by atoms with Gasteiger partial charge in [-0.2, -0.15) is 12.6 Å². The van der Waals surface area contributed by atoms with E-state index in [0.717, 1.165) is 21.8 Å². The maximum Gasteiger partial charge on any atom is 2.00 e. The van der Waals surface area contributed by atoms with E-state index in [9.17, 15) is 26.3 Å². The molecule has 0 spiro atoms. The minimum absolute atomic E-state index is 0. The van der Waals surface area contributed by atoms with Crippen LogP contribution in [0.5, 0.6) is 0 Å². The van der Waals surface area contributed by atoms with Crippen molar-refractivity contribution in [1.29, 1.82) is 0 Å². The molecule has 3 aromatic carbocycles. The van der Waals surface area contributed by atoms with Gasteiger partial charge in [-0.3, -0.25) is 9.97 Å². The minimum atomic E-state index is -4.76. The SMILES string of the molecule is O=[C-]C(F)(F)F.O=[C-]C(F)(F)F.[Pd+2].c1ccc(-c2ccnc3c2ccc2c(-c4ccccc4)ccnc23)cc1. The minimum Gasteiger partial charge on any atom is -0.533 e. The summed E-state index contributed by atoms with van der Waals surface area (Å²) in [6.07, 6.45) is -6.07. The van der Waals surface area contributed by atoms with Crippen molar-refractivity contribution in [1.82, 2.24) is 9.97 Å². The molecule has 4 nitrogen and oxygen atoms in total. The second-order valence-electron chi connectivity index (χ2n) is 7.51. The number of pyridine rings is 2. The van der Waals surface area contributed by atoms with Crippen LogP contribution < -0.4 is 0 Å². The van der Waals surface area contributed by atoms with Crippen molar-refractivity contribution in [3.63, 3.8) is 0 Å². The molecule has 2 aromatic heterocycles. The van der Waals surface area contributed by atoms with Crippen molar-refractivity contribution in [2.75, 3.05) is 0 Å². The molecule has 0 atom stereocenters. The van der Waals surface area contributed by atoms with Gasteiger partial charge in [0.2, 0.25) is 0 Å². The molecular formula is C28H16F6N2O2Pd. The number of nitrogens with zero attached hydrogens (tertiary/aromatic N) is 2. The molecule has 0 fully saturated rings. The summed E-state index contributed by atoms with van der Waals surface area (Å²) in [5.41, 5.74) is 6.65. The molecule has 5 rings (SSSR count). The molecule has 0 aliphatic rings. The van der Waals surface area contributed by atoms with Gasteiger partial charge in [-0.25, -0.2) is 26.3 Å². The summed E-state index contributed by atoms with van der Waals surface area (Å²) in [5.74, 6) is 0. The quantitative estimate of drug-likeness (QED) is 0.0879. The third-order valence-corrected chi connectivity index (χ3v) is 5.02. The molecule has 0 aliphatic heterocycles. The van der Waals surface area contributed by atoms with E-state index < -0.39 is 12.4 Å². The van der Waals surface area contributed by atoms with Gasteiger partial charge in [0.1, 0.15) is 0 Å². The number of aromatic nitrogens is 2. The van der Waals surface area contributed by atoms with Gasteiger partial charge in [0, 0.05) is 23.2 Å². The van der Waals surface area contributed by atoms with Crippen LogP contribution in [0.2, 0.25) is 0 Å². The molecule has 39 heavy (non-hydrogen) atoms. The summed E-state index contributed by atoms with van der Waals surface area (Å²) in [5, 5.41) is 2.26. The van der Waals surface area contributed by atoms with Crippen LogP contribution >= 0.6 is 0 Å². The van der Waals surface area contributed by atoms with Gasteiger partial charge in [-0.1, -0.05) is 72.8 Å². The standard InChI is InChI=1S/C24H16N2.2C2F3O.Pd/c1-3-7-17(8-4-1)19-13-15-25-23-21(19)11-12-22-20(14-16-26-24(22)23)18-9-5-2-6-10-18;2*3-2(4,5)1-6;/h1-16H;;;/q;2*-1;+2. The van der Waals surface area contributed by atoms with Crippen molar-refractivity contribution in [2.24, 2.45) is 0 Å². The zero-order valence-electron chi connectivity index (χ0n) is 19.5. The van der Waals surface area contributed by atoms with Crippen LogP contribution in [-0.4, -0.2) is 34.9 Å². The smallest absolute Gasteiger partial charge is 0.533 e. The van der Waals surface area contributed by atoms with Gasteiger partial charge in [0.25, 0.3) is 12.4 Å². The topological polar surface area (TPSA) is 59.9 Å². The Morgan fingerprint density at radius 3 is 1.10 bits per heavy atom. The van der Waals surface area contributed by atoms with Crippen molar-refractivity contribution in [3.05, 3.63) is 97.3 Å². The number of halogens is 6. The van der Waals surface area contributed by atoms with Crippen LogP contribution in [0.4, 0.5) is 26.3 Å². The van der Waals surface area contributed by atoms with E-state index >= 15 is 0 Å². The Hall–Kier alpha value is -3.94. The molecule has 0 unspecified atom stereocenters. The van der Waals surface area contributed by atoms with E-state index in [2.05, 4.69) is 82.8 Å². The molecular weight excluding hydrogens is 617 g/mol. The van der Waals surface area contributed by atoms with Crippen LogP contribution in [0, 0.1) is 0 Å². The first-order chi connectivity index (χ1) is 18.0. The zero-order chi connectivity index (χ0) is 27.8. The first kappa shape index (κ1) is 31.3. The van der Waals surface area contributed by atoms with Gasteiger partial charge >= 0.3 is 20.4 Å². The largest absolute Gasteiger partial charge is 2.00 e. The molecule has 0 saturated carbocycles. The maximum atomic E-state index is 10.4. The third-order valence-electron chi connectivity index (χ3n) is 5.02. The van der Waals surface area contributed by atoms with Crippen molar-refractivity contribution < 1.29 is 56.4 Å². The number of carbonyl (C=O) groups excluding carboxylic acids is 2. The van der Waals surface area contributed by atoms with Crippen LogP contribution in [0.15, 0.2) is 97.3 Å². The molecule has 11 heteroatoms. The van der Waals surface area contributed by atoms with E-state index in [4.69, 9.17) is 9.59 Å². The van der Waals surface area contributed by atoms with Crippen molar-refractivity contribution in [2.45, 2.75) is 12.4 Å². The fourth-order valence-electron chi connectivity index (χ4n) is 3.57. The number of fused-ring (bicyclic) bond motifs is 3. The summed E-state index contributed by atoms with van der Waals surface area (Å²) < 4.78 is 62.2. The third kappa shape index (κ3) is 8.80. The van der Waals surface area contributed by atoms with Crippen LogP contribution in [0.3, 0.4) is 0 Å². The molecule has 2 heterocycles. The summed E-state index contributed by atoms with van der Waals surface area (Å²) in [6.45, 7) is 0. The van der Waals surface area contributed by atoms with Gasteiger partial charge in [0.05, 0.1) is 11.0 Å². The summed E-state index contributed by atoms with van der Waals surface area (Å²) >= 11 is 0. The Morgan fingerprint density at radius 2 is 0.821 bits per heavy atom. The average molecular weight is 633 g/mol. The molecule has 0 amide bonds. The number of benzene rings is 3. The number of hydrogen-bond acceptors (Lipinski definition) is 4. The van der Waals surface area contributed by atoms with Crippen LogP contribution in [-0.2, 0) is 30.0 Å². The van der Waals surface area contributed by atoms with E-state index in [0.29, 0.717) is 0 Å². The molecule has 202 valence electrons. The summed E-state index contributed by atoms with van der Waals surface area (Å²) in [4.78, 5) is 26.5. The zero-order valence-corrected chi connectivity index (χ0v) is 21.1. The predicted molar refractivity (Wildman–Crippen MR) is 131 cm³/mol. The summed E-state index contributed by atoms with van der Waals surface area (Å²) in [7, 11) is 0. The van der Waals surface area contributed by atoms with Gasteiger partial charge < -0.3 is 9.59 Å². The average Bonchev–Trinajstić information content (AvgIpc) is 2.93. The number of hydrogen-bond donors (Lipinski definition) is 0. The molecule has 0 saturated heterocycles. The van der Waals surface area contributed by atoms with E-state index in [-0.39, 0.29) is 33.0 Å². The van der Waals surface area contributed by atoms with Gasteiger partial charge in [-0.15, -0.1) is 0 Å². The number of alkyl halides is 6. The van der Waals surface area contributed by atoms with Crippen molar-refractivity contribution in [3.8, 4) is 22.3 Å². The molecule has 5 aromatic rings. The Bertz CT molecular complexity index is 1410. The van der Waals surface area contributed by atoms with E-state index in [1.165, 1.54) is 22.3 Å². The van der Waals surface area contributed by atoms with Crippen molar-refractivity contribution >= 4 is 34.4 Å². The Morgan fingerprint density at radius 1 is 0.513 bits per heavy atom. The molecule has 0 N–H and O–H groups in total. The monoisotopic (exact) mass is 632 g/mol. The second kappa shape index (κ2) is 13.7. The van der Waals surface area contributed by atoms with E-state index in [1.807, 2.05) is 24.5 Å². The first-order valence-electron chi connectivity index (χ1n) is 10.7. The number of rotatable bonds is 2. The Labute approximate surface area is 232 Å². The molecule has 0 radical (unpaired) electrons. The Kier molecular flexibility index (Phi) is 11.0. The van der Waals surface area contributed by atoms with E-state index in [1.54, 1.807) is 0 Å². The predicted octanol–water partition coefficient (Wildman–Crippen LogP) is 7.43. The molecule has 0 aliphatic carbocycles. The van der Waals surface area contributed by atoms with Gasteiger partial charge in [0.15, 0.2) is 0 Å². The first-order valence-corrected chi connectivity index (χ1v) is 10.7. The maximum absolute atomic E-state index is 10.4. The van der Waals surface area contributed by atoms with Gasteiger partial charge in [-0.05, 0) is 34.4 Å².